The molecule has 5 rings (SSSR count). The fraction of sp³-hybridized carbons (Fsp3) is 0.261. The molecule has 0 spiro atoms. The Morgan fingerprint density at radius 2 is 2.06 bits per heavy atom. The molecule has 3 aromatic heterocycles. The molecule has 166 valence electrons. The van der Waals surface area contributed by atoms with Crippen LogP contribution in [0.5, 0.6) is 0 Å². The van der Waals surface area contributed by atoms with Gasteiger partial charge in [0.25, 0.3) is 0 Å². The maximum absolute atomic E-state index is 9.18. The average molecular weight is 460 g/mol. The SMILES string of the molecule is N#Cc1ccc(-c2cc(Cn3cnc4c(N)ncnc43)c(N3CCC[C@@H](N)C3)cn2)cc1Cl. The van der Waals surface area contributed by atoms with E-state index in [4.69, 9.17) is 28.1 Å². The number of nitrogens with two attached hydrogens (primary N) is 2. The fourth-order valence-electron chi connectivity index (χ4n) is 4.25. The van der Waals surface area contributed by atoms with Crippen molar-refractivity contribution in [3.8, 4) is 17.3 Å². The number of nitriles is 1. The van der Waals surface area contributed by atoms with E-state index in [1.165, 1.54) is 6.33 Å². The molecule has 0 amide bonds. The van der Waals surface area contributed by atoms with Crippen molar-refractivity contribution in [1.82, 2.24) is 24.5 Å². The summed E-state index contributed by atoms with van der Waals surface area (Å²) in [6, 6.07) is 9.59. The number of halogens is 1. The van der Waals surface area contributed by atoms with Crippen molar-refractivity contribution in [2.45, 2.75) is 25.4 Å². The Morgan fingerprint density at radius 1 is 1.18 bits per heavy atom. The molecule has 0 bridgehead atoms. The maximum Gasteiger partial charge on any atom is 0.165 e. The molecule has 0 aliphatic carbocycles. The molecule has 0 saturated carbocycles. The standard InChI is InChI=1S/C23H22ClN9/c24-18-6-14(3-4-15(18)8-25)19-7-16(20(9-28-19)32-5-1-2-17(26)11-32)10-33-13-31-21-22(27)29-12-30-23(21)33/h3-4,6-7,9,12-13,17H,1-2,5,10-11,26H2,(H2,27,29,30)/t17-/m1/s1. The predicted molar refractivity (Wildman–Crippen MR) is 128 cm³/mol. The van der Waals surface area contributed by atoms with Crippen LogP contribution in [0.2, 0.25) is 5.02 Å². The minimum absolute atomic E-state index is 0.130. The number of pyridine rings is 1. The lowest BCUT2D eigenvalue weighted by Crippen LogP contribution is -2.43. The third kappa shape index (κ3) is 4.06. The van der Waals surface area contributed by atoms with Gasteiger partial charge in [-0.3, -0.25) is 4.98 Å². The average Bonchev–Trinajstić information content (AvgIpc) is 3.23. The highest BCUT2D eigenvalue weighted by Crippen LogP contribution is 2.30. The minimum Gasteiger partial charge on any atom is -0.382 e. The number of hydrogen-bond donors (Lipinski definition) is 2. The van der Waals surface area contributed by atoms with Gasteiger partial charge in [-0.05, 0) is 36.6 Å². The predicted octanol–water partition coefficient (Wildman–Crippen LogP) is 2.97. The van der Waals surface area contributed by atoms with Gasteiger partial charge in [-0.25, -0.2) is 15.0 Å². The summed E-state index contributed by atoms with van der Waals surface area (Å²) in [6.07, 6.45) is 7.10. The molecule has 4 N–H and O–H groups in total. The van der Waals surface area contributed by atoms with Crippen LogP contribution in [0.25, 0.3) is 22.4 Å². The summed E-state index contributed by atoms with van der Waals surface area (Å²) in [4.78, 5) is 19.8. The summed E-state index contributed by atoms with van der Waals surface area (Å²) in [5.41, 5.74) is 17.6. The molecule has 1 aromatic carbocycles. The first-order valence-electron chi connectivity index (χ1n) is 10.6. The lowest BCUT2D eigenvalue weighted by Gasteiger charge is -2.34. The van der Waals surface area contributed by atoms with Gasteiger partial charge in [-0.15, -0.1) is 0 Å². The van der Waals surface area contributed by atoms with Gasteiger partial charge in [0.2, 0.25) is 0 Å². The number of imidazole rings is 1. The van der Waals surface area contributed by atoms with Gasteiger partial charge in [0.15, 0.2) is 11.5 Å². The van der Waals surface area contributed by atoms with E-state index in [1.54, 1.807) is 18.5 Å². The molecule has 4 aromatic rings. The second-order valence-corrected chi connectivity index (χ2v) is 8.56. The minimum atomic E-state index is 0.130. The smallest absolute Gasteiger partial charge is 0.165 e. The summed E-state index contributed by atoms with van der Waals surface area (Å²) >= 11 is 6.27. The van der Waals surface area contributed by atoms with Crippen LogP contribution < -0.4 is 16.4 Å². The number of benzene rings is 1. The number of hydrogen-bond acceptors (Lipinski definition) is 8. The Balaban J connectivity index is 1.59. The van der Waals surface area contributed by atoms with E-state index in [1.807, 2.05) is 22.9 Å². The molecule has 0 unspecified atom stereocenters. The van der Waals surface area contributed by atoms with Crippen LogP contribution in [-0.2, 0) is 6.54 Å². The van der Waals surface area contributed by atoms with E-state index in [2.05, 4.69) is 25.9 Å². The Labute approximate surface area is 195 Å². The number of nitrogens with zero attached hydrogens (tertiary/aromatic N) is 7. The number of fused-ring (bicyclic) bond motifs is 1. The van der Waals surface area contributed by atoms with E-state index in [0.717, 1.165) is 48.4 Å². The first-order valence-corrected chi connectivity index (χ1v) is 11.0. The molecule has 1 aliphatic rings. The van der Waals surface area contributed by atoms with Crippen LogP contribution in [0, 0.1) is 11.3 Å². The second-order valence-electron chi connectivity index (χ2n) is 8.16. The molecule has 1 atom stereocenters. The van der Waals surface area contributed by atoms with E-state index >= 15 is 0 Å². The summed E-state index contributed by atoms with van der Waals surface area (Å²) in [7, 11) is 0. The molecule has 1 aliphatic heterocycles. The largest absolute Gasteiger partial charge is 0.382 e. The Bertz CT molecular complexity index is 1370. The Morgan fingerprint density at radius 3 is 2.85 bits per heavy atom. The lowest BCUT2D eigenvalue weighted by atomic mass is 10.0. The van der Waals surface area contributed by atoms with Crippen molar-refractivity contribution < 1.29 is 0 Å². The third-order valence-corrected chi connectivity index (χ3v) is 6.23. The second kappa shape index (κ2) is 8.65. The number of anilines is 2. The highest BCUT2D eigenvalue weighted by atomic mass is 35.5. The van der Waals surface area contributed by atoms with Gasteiger partial charge in [-0.2, -0.15) is 5.26 Å². The monoisotopic (exact) mass is 459 g/mol. The lowest BCUT2D eigenvalue weighted by molar-refractivity contribution is 0.504. The fourth-order valence-corrected chi connectivity index (χ4v) is 4.47. The molecular weight excluding hydrogens is 438 g/mol. The van der Waals surface area contributed by atoms with Crippen LogP contribution in [0.3, 0.4) is 0 Å². The molecule has 1 fully saturated rings. The topological polar surface area (TPSA) is 136 Å². The third-order valence-electron chi connectivity index (χ3n) is 5.92. The zero-order valence-corrected chi connectivity index (χ0v) is 18.6. The molecule has 1 saturated heterocycles. The maximum atomic E-state index is 9.18. The number of rotatable bonds is 4. The highest BCUT2D eigenvalue weighted by molar-refractivity contribution is 6.32. The van der Waals surface area contributed by atoms with Crippen LogP contribution >= 0.6 is 11.6 Å². The van der Waals surface area contributed by atoms with Crippen molar-refractivity contribution in [1.29, 1.82) is 5.26 Å². The quantitative estimate of drug-likeness (QED) is 0.475. The van der Waals surface area contributed by atoms with E-state index in [-0.39, 0.29) is 6.04 Å². The van der Waals surface area contributed by atoms with E-state index < -0.39 is 0 Å². The number of piperidine rings is 1. The van der Waals surface area contributed by atoms with Crippen LogP contribution in [0.1, 0.15) is 24.0 Å². The first kappa shape index (κ1) is 21.1. The van der Waals surface area contributed by atoms with Crippen molar-refractivity contribution in [2.75, 3.05) is 23.7 Å². The summed E-state index contributed by atoms with van der Waals surface area (Å²) in [6.45, 7) is 2.22. The Kier molecular flexibility index (Phi) is 5.54. The number of nitrogen functional groups attached to an aromatic ring is 1. The van der Waals surface area contributed by atoms with Gasteiger partial charge in [-0.1, -0.05) is 17.7 Å². The van der Waals surface area contributed by atoms with Crippen molar-refractivity contribution in [2.24, 2.45) is 5.73 Å². The van der Waals surface area contributed by atoms with Crippen molar-refractivity contribution >= 4 is 34.3 Å². The zero-order chi connectivity index (χ0) is 22.9. The summed E-state index contributed by atoms with van der Waals surface area (Å²) in [5.74, 6) is 0.351. The normalized spacial score (nSPS) is 16.2. The van der Waals surface area contributed by atoms with Gasteiger partial charge in [0.1, 0.15) is 17.9 Å². The molecule has 33 heavy (non-hydrogen) atoms. The first-order chi connectivity index (χ1) is 16.0. The van der Waals surface area contributed by atoms with Gasteiger partial charge >= 0.3 is 0 Å². The van der Waals surface area contributed by atoms with Crippen molar-refractivity contribution in [3.05, 3.63) is 59.3 Å². The van der Waals surface area contributed by atoms with E-state index in [9.17, 15) is 5.26 Å². The number of aromatic nitrogens is 5. The van der Waals surface area contributed by atoms with Crippen LogP contribution in [-0.4, -0.2) is 43.6 Å². The highest BCUT2D eigenvalue weighted by Gasteiger charge is 2.21. The van der Waals surface area contributed by atoms with Crippen LogP contribution in [0.4, 0.5) is 11.5 Å². The molecule has 10 heteroatoms. The van der Waals surface area contributed by atoms with Gasteiger partial charge in [0.05, 0.1) is 41.0 Å². The molecule has 9 nitrogen and oxygen atoms in total. The zero-order valence-electron chi connectivity index (χ0n) is 17.8. The molecule has 0 radical (unpaired) electrons. The van der Waals surface area contributed by atoms with Gasteiger partial charge < -0.3 is 20.9 Å². The molecule has 4 heterocycles. The summed E-state index contributed by atoms with van der Waals surface area (Å²) in [5, 5.41) is 9.58. The van der Waals surface area contributed by atoms with Crippen molar-refractivity contribution in [3.63, 3.8) is 0 Å². The Hall–Kier alpha value is -3.74. The van der Waals surface area contributed by atoms with Crippen LogP contribution in [0.15, 0.2) is 43.1 Å². The van der Waals surface area contributed by atoms with E-state index in [0.29, 0.717) is 34.1 Å². The summed E-state index contributed by atoms with van der Waals surface area (Å²) < 4.78 is 1.95. The molecular formula is C23H22ClN9. The van der Waals surface area contributed by atoms with Gasteiger partial charge in [0, 0.05) is 24.7 Å².